The first kappa shape index (κ1) is 39.5. The smallest absolute Gasteiger partial charge is 0.315 e. The molecule has 0 aromatic rings. The maximum absolute atomic E-state index is 14.4. The van der Waals surface area contributed by atoms with Crippen molar-refractivity contribution in [2.45, 2.75) is 143 Å². The molecule has 272 valence electrons. The number of fused-ring (bicyclic) bond motifs is 1. The summed E-state index contributed by atoms with van der Waals surface area (Å²) < 4.78 is 25.6. The molecular formula is C35H59N5O7S. The van der Waals surface area contributed by atoms with Gasteiger partial charge in [-0.05, 0) is 62.9 Å². The zero-order valence-electron chi connectivity index (χ0n) is 30.7. The highest BCUT2D eigenvalue weighted by Gasteiger charge is 2.62. The van der Waals surface area contributed by atoms with Crippen LogP contribution in [0.3, 0.4) is 0 Å². The van der Waals surface area contributed by atoms with Crippen molar-refractivity contribution in [3.8, 4) is 0 Å². The standard InChI is InChI=1S/C35H59N5O7S/c1-11-16-23(26(41)29(43)36-19-12-2)37-28(42)25-24-22(34(24,9)10)20-40(25)30(44)27(32(3,4)5)38-31(45)39-35(17-14-13-15-18-35)21-48(46,47)33(6,7)8/h22-23,27H,11-21H2,1-10H3,(H,36,43)(H,37,42)(H2,38,39,45)/t22?,23?,27-/m1/s1. The van der Waals surface area contributed by atoms with Gasteiger partial charge in [-0.1, -0.05) is 74.1 Å². The number of hydrogen-bond donors (Lipinski definition) is 4. The first-order chi connectivity index (χ1) is 22.0. The van der Waals surface area contributed by atoms with Gasteiger partial charge in [-0.25, -0.2) is 13.2 Å². The first-order valence-corrected chi connectivity index (χ1v) is 19.2. The van der Waals surface area contributed by atoms with E-state index in [0.29, 0.717) is 32.2 Å². The SMILES string of the molecule is CCCNC(=O)C(=O)C(CCC)NC(=O)C1=C2C(CN1C(=O)[C@@H](NC(=O)NC1(CS(=O)(=O)C(C)(C)C)CCCCC1)C(C)(C)C)C2(C)C. The largest absolute Gasteiger partial charge is 0.349 e. The second-order valence-corrected chi connectivity index (χ2v) is 19.3. The summed E-state index contributed by atoms with van der Waals surface area (Å²) in [5, 5.41) is 11.2. The lowest BCUT2D eigenvalue weighted by Crippen LogP contribution is -2.62. The molecule has 1 aliphatic heterocycles. The van der Waals surface area contributed by atoms with Crippen LogP contribution >= 0.6 is 0 Å². The van der Waals surface area contributed by atoms with Crippen molar-refractivity contribution in [1.29, 1.82) is 0 Å². The fourth-order valence-electron chi connectivity index (χ4n) is 6.89. The zero-order valence-corrected chi connectivity index (χ0v) is 31.5. The van der Waals surface area contributed by atoms with Gasteiger partial charge in [-0.3, -0.25) is 19.2 Å². The molecule has 2 unspecified atom stereocenters. The molecule has 0 radical (unpaired) electrons. The van der Waals surface area contributed by atoms with Crippen molar-refractivity contribution in [2.24, 2.45) is 16.7 Å². The third-order valence-corrected chi connectivity index (χ3v) is 12.9. The first-order valence-electron chi connectivity index (χ1n) is 17.5. The van der Waals surface area contributed by atoms with Crippen LogP contribution in [0, 0.1) is 16.7 Å². The quantitative estimate of drug-likeness (QED) is 0.213. The molecule has 4 N–H and O–H groups in total. The highest BCUT2D eigenvalue weighted by Crippen LogP contribution is 2.63. The Kier molecular flexibility index (Phi) is 11.9. The lowest BCUT2D eigenvalue weighted by molar-refractivity contribution is -0.140. The molecule has 0 saturated heterocycles. The Bertz CT molecular complexity index is 1410. The minimum atomic E-state index is -3.56. The Labute approximate surface area is 287 Å². The molecule has 2 fully saturated rings. The molecule has 0 aromatic carbocycles. The van der Waals surface area contributed by atoms with Crippen LogP contribution in [0.5, 0.6) is 0 Å². The number of hydrogen-bond acceptors (Lipinski definition) is 7. The molecule has 3 rings (SSSR count). The molecule has 48 heavy (non-hydrogen) atoms. The third-order valence-electron chi connectivity index (χ3n) is 10.1. The summed E-state index contributed by atoms with van der Waals surface area (Å²) in [6.45, 7) is 18.7. The van der Waals surface area contributed by atoms with Crippen LogP contribution in [0.25, 0.3) is 0 Å². The van der Waals surface area contributed by atoms with E-state index in [9.17, 15) is 32.4 Å². The minimum Gasteiger partial charge on any atom is -0.349 e. The molecule has 0 spiro atoms. The van der Waals surface area contributed by atoms with E-state index in [4.69, 9.17) is 0 Å². The molecule has 2 aliphatic carbocycles. The molecule has 12 nitrogen and oxygen atoms in total. The number of urea groups is 1. The molecule has 3 atom stereocenters. The number of ketones is 1. The number of Topliss-reactive ketones (excluding diaryl/α,β-unsaturated/α-hetero) is 1. The van der Waals surface area contributed by atoms with Crippen molar-refractivity contribution in [1.82, 2.24) is 26.2 Å². The second kappa shape index (κ2) is 14.5. The predicted octanol–water partition coefficient (Wildman–Crippen LogP) is 3.75. The Morgan fingerprint density at radius 1 is 0.917 bits per heavy atom. The molecule has 0 aromatic heterocycles. The highest BCUT2D eigenvalue weighted by molar-refractivity contribution is 7.92. The number of nitrogens with one attached hydrogen (secondary N) is 4. The van der Waals surface area contributed by atoms with Crippen molar-refractivity contribution < 1.29 is 32.4 Å². The maximum Gasteiger partial charge on any atom is 0.315 e. The van der Waals surface area contributed by atoms with Crippen LogP contribution in [0.4, 0.5) is 4.79 Å². The van der Waals surface area contributed by atoms with Gasteiger partial charge in [0.1, 0.15) is 11.7 Å². The maximum atomic E-state index is 14.4. The summed E-state index contributed by atoms with van der Waals surface area (Å²) in [5.74, 6) is -2.82. The van der Waals surface area contributed by atoms with Gasteiger partial charge in [-0.15, -0.1) is 0 Å². The van der Waals surface area contributed by atoms with Gasteiger partial charge in [0.05, 0.1) is 22.1 Å². The number of sulfone groups is 1. The van der Waals surface area contributed by atoms with Gasteiger partial charge in [0.2, 0.25) is 11.7 Å². The van der Waals surface area contributed by atoms with Crippen LogP contribution in [-0.2, 0) is 29.0 Å². The topological polar surface area (TPSA) is 171 Å². The van der Waals surface area contributed by atoms with E-state index in [-0.39, 0.29) is 35.7 Å². The molecule has 5 amide bonds. The average molecular weight is 694 g/mol. The molecule has 0 bridgehead atoms. The van der Waals surface area contributed by atoms with E-state index in [1.807, 2.05) is 48.5 Å². The van der Waals surface area contributed by atoms with Crippen molar-refractivity contribution >= 4 is 39.4 Å². The summed E-state index contributed by atoms with van der Waals surface area (Å²) in [7, 11) is -3.56. The van der Waals surface area contributed by atoms with E-state index in [0.717, 1.165) is 24.8 Å². The van der Waals surface area contributed by atoms with Crippen molar-refractivity contribution in [2.75, 3.05) is 18.8 Å². The Balaban J connectivity index is 1.87. The van der Waals surface area contributed by atoms with Crippen LogP contribution < -0.4 is 21.3 Å². The molecule has 3 aliphatic rings. The average Bonchev–Trinajstić information content (AvgIpc) is 3.28. The predicted molar refractivity (Wildman–Crippen MR) is 185 cm³/mol. The van der Waals surface area contributed by atoms with Gasteiger partial charge < -0.3 is 26.2 Å². The van der Waals surface area contributed by atoms with Gasteiger partial charge in [0, 0.05) is 19.0 Å². The summed E-state index contributed by atoms with van der Waals surface area (Å²) in [6.07, 6.45) is 4.99. The van der Waals surface area contributed by atoms with Gasteiger partial charge in [0.15, 0.2) is 9.84 Å². The lowest BCUT2D eigenvalue weighted by Gasteiger charge is -2.41. The van der Waals surface area contributed by atoms with Gasteiger partial charge >= 0.3 is 6.03 Å². The Morgan fingerprint density at radius 3 is 2.04 bits per heavy atom. The van der Waals surface area contributed by atoms with Crippen molar-refractivity contribution in [3.05, 3.63) is 11.3 Å². The minimum absolute atomic E-state index is 0.0575. The summed E-state index contributed by atoms with van der Waals surface area (Å²) in [4.78, 5) is 68.9. The van der Waals surface area contributed by atoms with E-state index in [1.165, 1.54) is 4.90 Å². The van der Waals surface area contributed by atoms with Gasteiger partial charge in [0.25, 0.3) is 11.8 Å². The summed E-state index contributed by atoms with van der Waals surface area (Å²) in [6, 6.07) is -2.75. The number of nitrogens with zero attached hydrogens (tertiary/aromatic N) is 1. The molecule has 1 heterocycles. The van der Waals surface area contributed by atoms with Crippen LogP contribution in [0.2, 0.25) is 0 Å². The zero-order chi connectivity index (χ0) is 36.5. The third kappa shape index (κ3) is 8.60. The van der Waals surface area contributed by atoms with E-state index in [2.05, 4.69) is 21.3 Å². The lowest BCUT2D eigenvalue weighted by atomic mass is 9.83. The van der Waals surface area contributed by atoms with Crippen LogP contribution in [0.1, 0.15) is 121 Å². The van der Waals surface area contributed by atoms with Crippen LogP contribution in [0.15, 0.2) is 11.3 Å². The van der Waals surface area contributed by atoms with Crippen LogP contribution in [-0.4, -0.2) is 84.1 Å². The fourth-order valence-corrected chi connectivity index (χ4v) is 8.41. The Morgan fingerprint density at radius 2 is 1.52 bits per heavy atom. The van der Waals surface area contributed by atoms with E-state index < -0.39 is 67.2 Å². The number of carbonyl (C=O) groups is 5. The van der Waals surface area contributed by atoms with Crippen molar-refractivity contribution in [3.63, 3.8) is 0 Å². The second-order valence-electron chi connectivity index (χ2n) is 16.5. The molecular weight excluding hydrogens is 634 g/mol. The molecule has 13 heteroatoms. The summed E-state index contributed by atoms with van der Waals surface area (Å²) >= 11 is 0. The number of amides is 5. The summed E-state index contributed by atoms with van der Waals surface area (Å²) in [5.41, 5.74) is -1.10. The van der Waals surface area contributed by atoms with Gasteiger partial charge in [-0.2, -0.15) is 0 Å². The Hall–Kier alpha value is -2.96. The number of carbonyl (C=O) groups excluding carboxylic acids is 5. The van der Waals surface area contributed by atoms with E-state index in [1.54, 1.807) is 20.8 Å². The highest BCUT2D eigenvalue weighted by atomic mass is 32.2. The van der Waals surface area contributed by atoms with E-state index >= 15 is 0 Å². The number of rotatable bonds is 13. The monoisotopic (exact) mass is 693 g/mol. The normalized spacial score (nSPS) is 21.5. The fraction of sp³-hybridized carbons (Fsp3) is 0.800. The molecule has 2 saturated carbocycles.